The fourth-order valence-electron chi connectivity index (χ4n) is 1.11. The van der Waals surface area contributed by atoms with E-state index in [9.17, 15) is 4.79 Å². The van der Waals surface area contributed by atoms with Crippen molar-refractivity contribution in [2.75, 3.05) is 26.1 Å². The molecule has 0 N–H and O–H groups in total. The minimum atomic E-state index is -0.146. The summed E-state index contributed by atoms with van der Waals surface area (Å²) < 4.78 is 5.43. The standard InChI is InChI=1S/C11H12Cl3NO2/c1-15(11(16)7-12)4-5-17-10-6-8(13)2-3-9(10)14/h2-3,6H,4-5,7H2,1H3. The largest absolute Gasteiger partial charge is 0.490 e. The molecule has 0 unspecified atom stereocenters. The van der Waals surface area contributed by atoms with E-state index in [1.54, 1.807) is 25.2 Å². The molecule has 0 bridgehead atoms. The summed E-state index contributed by atoms with van der Waals surface area (Å²) in [5.74, 6) is 0.326. The third-order valence-electron chi connectivity index (χ3n) is 2.12. The van der Waals surface area contributed by atoms with Gasteiger partial charge in [-0.15, -0.1) is 11.6 Å². The lowest BCUT2D eigenvalue weighted by atomic mass is 10.3. The topological polar surface area (TPSA) is 29.5 Å². The van der Waals surface area contributed by atoms with Gasteiger partial charge in [-0.1, -0.05) is 23.2 Å². The second-order valence-corrected chi connectivity index (χ2v) is 4.48. The van der Waals surface area contributed by atoms with Gasteiger partial charge >= 0.3 is 0 Å². The Morgan fingerprint density at radius 3 is 2.76 bits per heavy atom. The van der Waals surface area contributed by atoms with Crippen LogP contribution in [-0.4, -0.2) is 36.9 Å². The molecular formula is C11H12Cl3NO2. The predicted molar refractivity (Wildman–Crippen MR) is 70.3 cm³/mol. The van der Waals surface area contributed by atoms with Crippen LogP contribution < -0.4 is 4.74 Å². The number of amides is 1. The molecule has 0 heterocycles. The Kier molecular flexibility index (Phi) is 5.89. The lowest BCUT2D eigenvalue weighted by Gasteiger charge is -2.16. The van der Waals surface area contributed by atoms with Crippen LogP contribution in [0.3, 0.4) is 0 Å². The number of carbonyl (C=O) groups excluding carboxylic acids is 1. The summed E-state index contributed by atoms with van der Waals surface area (Å²) in [6.45, 7) is 0.771. The Hall–Kier alpha value is -0.640. The quantitative estimate of drug-likeness (QED) is 0.782. The van der Waals surface area contributed by atoms with Crippen LogP contribution >= 0.6 is 34.8 Å². The maximum atomic E-state index is 11.2. The molecule has 0 aliphatic carbocycles. The van der Waals surface area contributed by atoms with Crippen LogP contribution in [-0.2, 0) is 4.79 Å². The van der Waals surface area contributed by atoms with E-state index in [0.29, 0.717) is 28.9 Å². The highest BCUT2D eigenvalue weighted by Crippen LogP contribution is 2.27. The molecule has 1 aromatic carbocycles. The van der Waals surface area contributed by atoms with Crippen LogP contribution in [0.5, 0.6) is 5.75 Å². The normalized spacial score (nSPS) is 10.1. The molecule has 0 atom stereocenters. The molecular weight excluding hydrogens is 284 g/mol. The van der Waals surface area contributed by atoms with Gasteiger partial charge in [-0.2, -0.15) is 0 Å². The third kappa shape index (κ3) is 4.62. The molecule has 1 aromatic rings. The van der Waals surface area contributed by atoms with E-state index in [2.05, 4.69) is 0 Å². The van der Waals surface area contributed by atoms with E-state index in [1.807, 2.05) is 0 Å². The Bertz CT molecular complexity index is 398. The van der Waals surface area contributed by atoms with Gasteiger partial charge in [0.05, 0.1) is 11.6 Å². The van der Waals surface area contributed by atoms with Gasteiger partial charge in [0.25, 0.3) is 0 Å². The van der Waals surface area contributed by atoms with Crippen molar-refractivity contribution < 1.29 is 9.53 Å². The van der Waals surface area contributed by atoms with Crippen LogP contribution in [0.1, 0.15) is 0 Å². The van der Waals surface area contributed by atoms with E-state index in [1.165, 1.54) is 4.90 Å². The van der Waals surface area contributed by atoms with Crippen molar-refractivity contribution in [2.24, 2.45) is 0 Å². The van der Waals surface area contributed by atoms with Gasteiger partial charge in [-0.05, 0) is 12.1 Å². The molecule has 0 saturated heterocycles. The SMILES string of the molecule is CN(CCOc1cc(Cl)ccc1Cl)C(=O)CCl. The van der Waals surface area contributed by atoms with Gasteiger partial charge in [-0.25, -0.2) is 0 Å². The highest BCUT2D eigenvalue weighted by molar-refractivity contribution is 6.34. The molecule has 1 rings (SSSR count). The van der Waals surface area contributed by atoms with Crippen molar-refractivity contribution in [3.63, 3.8) is 0 Å². The zero-order valence-corrected chi connectivity index (χ0v) is 11.5. The predicted octanol–water partition coefficient (Wildman–Crippen LogP) is 3.07. The van der Waals surface area contributed by atoms with Crippen LogP contribution in [0, 0.1) is 0 Å². The van der Waals surface area contributed by atoms with Gasteiger partial charge in [0, 0.05) is 18.1 Å². The average Bonchev–Trinajstić information content (AvgIpc) is 2.32. The van der Waals surface area contributed by atoms with Gasteiger partial charge < -0.3 is 9.64 Å². The van der Waals surface area contributed by atoms with E-state index in [-0.39, 0.29) is 11.8 Å². The summed E-state index contributed by atoms with van der Waals surface area (Å²) >= 11 is 17.1. The number of likely N-dealkylation sites (N-methyl/N-ethyl adjacent to an activating group) is 1. The van der Waals surface area contributed by atoms with Gasteiger partial charge in [0.2, 0.25) is 5.91 Å². The number of benzene rings is 1. The van der Waals surface area contributed by atoms with Crippen LogP contribution in [0.15, 0.2) is 18.2 Å². The molecule has 0 aromatic heterocycles. The summed E-state index contributed by atoms with van der Waals surface area (Å²) in [5.41, 5.74) is 0. The fraction of sp³-hybridized carbons (Fsp3) is 0.364. The summed E-state index contributed by atoms with van der Waals surface area (Å²) in [5, 5.41) is 1.04. The van der Waals surface area contributed by atoms with E-state index >= 15 is 0 Å². The minimum Gasteiger partial charge on any atom is -0.490 e. The fourth-order valence-corrected chi connectivity index (χ4v) is 1.65. The number of hydrogen-bond donors (Lipinski definition) is 0. The number of hydrogen-bond acceptors (Lipinski definition) is 2. The van der Waals surface area contributed by atoms with Crippen molar-refractivity contribution in [1.82, 2.24) is 4.90 Å². The molecule has 17 heavy (non-hydrogen) atoms. The first-order valence-electron chi connectivity index (χ1n) is 4.92. The second-order valence-electron chi connectivity index (χ2n) is 3.37. The number of nitrogens with zero attached hydrogens (tertiary/aromatic N) is 1. The van der Waals surface area contributed by atoms with Crippen LogP contribution in [0.2, 0.25) is 10.0 Å². The zero-order valence-electron chi connectivity index (χ0n) is 9.25. The molecule has 3 nitrogen and oxygen atoms in total. The Balaban J connectivity index is 2.45. The van der Waals surface area contributed by atoms with E-state index in [0.717, 1.165) is 0 Å². The average molecular weight is 297 g/mol. The van der Waals surface area contributed by atoms with Crippen molar-refractivity contribution in [1.29, 1.82) is 0 Å². The monoisotopic (exact) mass is 295 g/mol. The van der Waals surface area contributed by atoms with Crippen LogP contribution in [0.25, 0.3) is 0 Å². The number of halogens is 3. The highest BCUT2D eigenvalue weighted by atomic mass is 35.5. The van der Waals surface area contributed by atoms with Crippen molar-refractivity contribution in [3.05, 3.63) is 28.2 Å². The first-order valence-corrected chi connectivity index (χ1v) is 6.21. The number of carbonyl (C=O) groups is 1. The minimum absolute atomic E-state index is 0.0333. The molecule has 0 aliphatic rings. The number of ether oxygens (including phenoxy) is 1. The Morgan fingerprint density at radius 2 is 2.12 bits per heavy atom. The number of alkyl halides is 1. The number of rotatable bonds is 5. The Labute approximate surface area is 115 Å². The summed E-state index contributed by atoms with van der Waals surface area (Å²) in [6, 6.07) is 4.97. The first kappa shape index (κ1) is 14.4. The first-order chi connectivity index (χ1) is 8.04. The molecule has 0 fully saturated rings. The van der Waals surface area contributed by atoms with E-state index in [4.69, 9.17) is 39.5 Å². The van der Waals surface area contributed by atoms with Crippen LogP contribution in [0.4, 0.5) is 0 Å². The molecule has 0 aliphatic heterocycles. The zero-order chi connectivity index (χ0) is 12.8. The lowest BCUT2D eigenvalue weighted by molar-refractivity contribution is -0.127. The van der Waals surface area contributed by atoms with Gasteiger partial charge in [0.15, 0.2) is 0 Å². The van der Waals surface area contributed by atoms with Crippen molar-refractivity contribution >= 4 is 40.7 Å². The summed E-state index contributed by atoms with van der Waals surface area (Å²) in [4.78, 5) is 12.7. The maximum absolute atomic E-state index is 11.2. The molecule has 0 spiro atoms. The Morgan fingerprint density at radius 1 is 1.41 bits per heavy atom. The van der Waals surface area contributed by atoms with Crippen molar-refractivity contribution in [3.8, 4) is 5.75 Å². The molecule has 0 saturated carbocycles. The third-order valence-corrected chi connectivity index (χ3v) is 2.89. The molecule has 6 heteroatoms. The molecule has 0 radical (unpaired) electrons. The molecule has 1 amide bonds. The van der Waals surface area contributed by atoms with E-state index < -0.39 is 0 Å². The maximum Gasteiger partial charge on any atom is 0.237 e. The summed E-state index contributed by atoms with van der Waals surface area (Å²) in [7, 11) is 1.66. The molecule has 94 valence electrons. The van der Waals surface area contributed by atoms with Gasteiger partial charge in [0.1, 0.15) is 18.2 Å². The second kappa shape index (κ2) is 6.94. The van der Waals surface area contributed by atoms with Crippen molar-refractivity contribution in [2.45, 2.75) is 0 Å². The smallest absolute Gasteiger partial charge is 0.237 e. The summed E-state index contributed by atoms with van der Waals surface area (Å²) in [6.07, 6.45) is 0. The van der Waals surface area contributed by atoms with Gasteiger partial charge in [-0.3, -0.25) is 4.79 Å². The lowest BCUT2D eigenvalue weighted by Crippen LogP contribution is -2.31. The highest BCUT2D eigenvalue weighted by Gasteiger charge is 2.07.